The van der Waals surface area contributed by atoms with Gasteiger partial charge in [-0.25, -0.2) is 4.98 Å². The summed E-state index contributed by atoms with van der Waals surface area (Å²) < 4.78 is 4.46. The fourth-order valence-electron chi connectivity index (χ4n) is 2.53. The molecule has 1 unspecified atom stereocenters. The number of hydrogen-bond acceptors (Lipinski definition) is 6. The van der Waals surface area contributed by atoms with E-state index in [1.807, 2.05) is 37.2 Å². The van der Waals surface area contributed by atoms with Crippen molar-refractivity contribution >= 4 is 16.7 Å². The van der Waals surface area contributed by atoms with Crippen LogP contribution in [0.5, 0.6) is 0 Å². The van der Waals surface area contributed by atoms with E-state index in [9.17, 15) is 5.11 Å². The van der Waals surface area contributed by atoms with E-state index in [0.717, 1.165) is 17.5 Å². The van der Waals surface area contributed by atoms with Crippen molar-refractivity contribution in [3.63, 3.8) is 0 Å². The molecule has 1 atom stereocenters. The number of rotatable bonds is 8. The van der Waals surface area contributed by atoms with Crippen molar-refractivity contribution in [1.29, 1.82) is 0 Å². The lowest BCUT2D eigenvalue weighted by atomic mass is 10.0. The Morgan fingerprint density at radius 3 is 2.35 bits per heavy atom. The van der Waals surface area contributed by atoms with E-state index < -0.39 is 0 Å². The molecule has 126 valence electrons. The molecule has 0 saturated carbocycles. The number of nitrogens with zero attached hydrogens (tertiary/aromatic N) is 4. The molecule has 0 aliphatic rings. The van der Waals surface area contributed by atoms with Crippen molar-refractivity contribution in [1.82, 2.24) is 14.3 Å². The number of aliphatic hydroxyl groups is 1. The standard InChI is InChI=1S/C17H26N4OS/c1-13(2)15(12-22)21(10-14-8-6-5-7-9-14)11-16-18-17(20(3)4)23-19-16/h5-9,13,15,22H,10-12H2,1-4H3. The number of aromatic nitrogens is 2. The molecule has 0 aliphatic heterocycles. The van der Waals surface area contributed by atoms with E-state index in [4.69, 9.17) is 0 Å². The van der Waals surface area contributed by atoms with Gasteiger partial charge in [0.1, 0.15) is 0 Å². The van der Waals surface area contributed by atoms with Gasteiger partial charge >= 0.3 is 0 Å². The number of anilines is 1. The van der Waals surface area contributed by atoms with Crippen LogP contribution in [0.25, 0.3) is 0 Å². The number of aliphatic hydroxyl groups excluding tert-OH is 1. The minimum absolute atomic E-state index is 0.0847. The number of hydrogen-bond donors (Lipinski definition) is 1. The van der Waals surface area contributed by atoms with E-state index in [0.29, 0.717) is 12.5 Å². The molecule has 0 amide bonds. The van der Waals surface area contributed by atoms with E-state index >= 15 is 0 Å². The second-order valence-corrected chi connectivity index (χ2v) is 7.00. The van der Waals surface area contributed by atoms with E-state index in [-0.39, 0.29) is 12.6 Å². The highest BCUT2D eigenvalue weighted by Crippen LogP contribution is 2.20. The van der Waals surface area contributed by atoms with Crippen LogP contribution >= 0.6 is 11.5 Å². The van der Waals surface area contributed by atoms with Gasteiger partial charge in [-0.1, -0.05) is 44.2 Å². The third-order valence-corrected chi connectivity index (χ3v) is 4.76. The first-order valence-corrected chi connectivity index (χ1v) is 8.67. The molecule has 1 aromatic carbocycles. The molecule has 1 N–H and O–H groups in total. The molecule has 5 nitrogen and oxygen atoms in total. The third-order valence-electron chi connectivity index (χ3n) is 3.84. The highest BCUT2D eigenvalue weighted by atomic mass is 32.1. The topological polar surface area (TPSA) is 52.5 Å². The van der Waals surface area contributed by atoms with Gasteiger partial charge in [-0.05, 0) is 11.5 Å². The van der Waals surface area contributed by atoms with E-state index in [2.05, 4.69) is 40.2 Å². The van der Waals surface area contributed by atoms with Gasteiger partial charge in [0.15, 0.2) is 5.82 Å². The fourth-order valence-corrected chi connectivity index (χ4v) is 3.12. The zero-order valence-corrected chi connectivity index (χ0v) is 15.1. The first-order chi connectivity index (χ1) is 11.0. The first kappa shape index (κ1) is 17.8. The maximum absolute atomic E-state index is 9.83. The Kier molecular flexibility index (Phi) is 6.50. The van der Waals surface area contributed by atoms with Crippen LogP contribution in [0.3, 0.4) is 0 Å². The summed E-state index contributed by atoms with van der Waals surface area (Å²) in [6, 6.07) is 10.4. The van der Waals surface area contributed by atoms with Gasteiger partial charge in [0.05, 0.1) is 13.2 Å². The maximum Gasteiger partial charge on any atom is 0.204 e. The van der Waals surface area contributed by atoms with Gasteiger partial charge in [0.2, 0.25) is 5.13 Å². The summed E-state index contributed by atoms with van der Waals surface area (Å²) in [5.41, 5.74) is 1.23. The molecule has 23 heavy (non-hydrogen) atoms. The quantitative estimate of drug-likeness (QED) is 0.804. The van der Waals surface area contributed by atoms with E-state index in [1.54, 1.807) is 0 Å². The average Bonchev–Trinajstić information content (AvgIpc) is 2.97. The minimum Gasteiger partial charge on any atom is -0.395 e. The van der Waals surface area contributed by atoms with E-state index in [1.165, 1.54) is 17.1 Å². The largest absolute Gasteiger partial charge is 0.395 e. The number of benzene rings is 1. The van der Waals surface area contributed by atoms with Crippen LogP contribution < -0.4 is 4.90 Å². The van der Waals surface area contributed by atoms with Gasteiger partial charge in [0.25, 0.3) is 0 Å². The van der Waals surface area contributed by atoms with Gasteiger partial charge < -0.3 is 10.0 Å². The highest BCUT2D eigenvalue weighted by Gasteiger charge is 2.23. The molecule has 0 radical (unpaired) electrons. The van der Waals surface area contributed by atoms with Crippen LogP contribution in [0.2, 0.25) is 0 Å². The molecule has 0 bridgehead atoms. The summed E-state index contributed by atoms with van der Waals surface area (Å²) in [6.07, 6.45) is 0. The van der Waals surface area contributed by atoms with Crippen LogP contribution in [0.15, 0.2) is 30.3 Å². The summed E-state index contributed by atoms with van der Waals surface area (Å²) >= 11 is 1.41. The lowest BCUT2D eigenvalue weighted by molar-refractivity contribution is 0.0766. The molecule has 1 heterocycles. The molecule has 0 spiro atoms. The SMILES string of the molecule is CC(C)C(CO)N(Cc1ccccc1)Cc1nsc(N(C)C)n1. The maximum atomic E-state index is 9.83. The molecule has 2 aromatic rings. The summed E-state index contributed by atoms with van der Waals surface area (Å²) in [4.78, 5) is 8.81. The Morgan fingerprint density at radius 1 is 1.13 bits per heavy atom. The zero-order chi connectivity index (χ0) is 16.8. The summed E-state index contributed by atoms with van der Waals surface area (Å²) in [5.74, 6) is 1.17. The summed E-state index contributed by atoms with van der Waals surface area (Å²) in [7, 11) is 3.94. The monoisotopic (exact) mass is 334 g/mol. The molecule has 1 aromatic heterocycles. The molecule has 6 heteroatoms. The lowest BCUT2D eigenvalue weighted by Crippen LogP contribution is -2.41. The second-order valence-electron chi connectivity index (χ2n) is 6.27. The van der Waals surface area contributed by atoms with Crippen molar-refractivity contribution in [2.75, 3.05) is 25.6 Å². The summed E-state index contributed by atoms with van der Waals surface area (Å²) in [5, 5.41) is 10.7. The molecular weight excluding hydrogens is 308 g/mol. The van der Waals surface area contributed by atoms with Crippen molar-refractivity contribution in [3.8, 4) is 0 Å². The Balaban J connectivity index is 2.18. The highest BCUT2D eigenvalue weighted by molar-refractivity contribution is 7.09. The molecule has 2 rings (SSSR count). The van der Waals surface area contributed by atoms with Crippen molar-refractivity contribution in [2.24, 2.45) is 5.92 Å². The van der Waals surface area contributed by atoms with Gasteiger partial charge in [-0.2, -0.15) is 4.37 Å². The molecule has 0 aliphatic carbocycles. The zero-order valence-electron chi connectivity index (χ0n) is 14.3. The second kappa shape index (κ2) is 8.38. The smallest absolute Gasteiger partial charge is 0.204 e. The third kappa shape index (κ3) is 4.99. The van der Waals surface area contributed by atoms with Crippen LogP contribution in [-0.2, 0) is 13.1 Å². The van der Waals surface area contributed by atoms with Gasteiger partial charge in [-0.15, -0.1) is 0 Å². The Morgan fingerprint density at radius 2 is 1.83 bits per heavy atom. The predicted octanol–water partition coefficient (Wildman–Crippen LogP) is 2.62. The average molecular weight is 334 g/mol. The van der Waals surface area contributed by atoms with Crippen LogP contribution in [0, 0.1) is 5.92 Å². The molecular formula is C17H26N4OS. The Hall–Kier alpha value is -1.50. The van der Waals surface area contributed by atoms with Crippen LogP contribution in [0.1, 0.15) is 25.2 Å². The first-order valence-electron chi connectivity index (χ1n) is 7.90. The normalized spacial score (nSPS) is 12.8. The van der Waals surface area contributed by atoms with Crippen LogP contribution in [0.4, 0.5) is 5.13 Å². The Bertz CT molecular complexity index is 585. The van der Waals surface area contributed by atoms with Crippen molar-refractivity contribution < 1.29 is 5.11 Å². The van der Waals surface area contributed by atoms with Crippen LogP contribution in [-0.4, -0.2) is 46.1 Å². The van der Waals surface area contributed by atoms with Gasteiger partial charge in [0, 0.05) is 38.2 Å². The lowest BCUT2D eigenvalue weighted by Gasteiger charge is -2.32. The fraction of sp³-hybridized carbons (Fsp3) is 0.529. The van der Waals surface area contributed by atoms with Crippen molar-refractivity contribution in [2.45, 2.75) is 33.0 Å². The minimum atomic E-state index is 0.0847. The predicted molar refractivity (Wildman–Crippen MR) is 95.6 cm³/mol. The Labute approximate surface area is 142 Å². The molecule has 0 fully saturated rings. The summed E-state index contributed by atoms with van der Waals surface area (Å²) in [6.45, 7) is 5.83. The van der Waals surface area contributed by atoms with Crippen molar-refractivity contribution in [3.05, 3.63) is 41.7 Å². The van der Waals surface area contributed by atoms with Gasteiger partial charge in [-0.3, -0.25) is 4.90 Å². The molecule has 0 saturated heterocycles.